The van der Waals surface area contributed by atoms with E-state index in [1.807, 2.05) is 40.1 Å². The molecule has 0 bridgehead atoms. The molecule has 2 aliphatic heterocycles. The highest BCUT2D eigenvalue weighted by Gasteiger charge is 2.39. The van der Waals surface area contributed by atoms with Crippen LogP contribution in [0.15, 0.2) is 30.3 Å². The van der Waals surface area contributed by atoms with Gasteiger partial charge in [0.25, 0.3) is 0 Å². The Bertz CT molecular complexity index is 672. The smallest absolute Gasteiger partial charge is 0.244 e. The normalized spacial score (nSPS) is 24.0. The Kier molecular flexibility index (Phi) is 5.22. The first-order valence-electron chi connectivity index (χ1n) is 8.56. The highest BCUT2D eigenvalue weighted by atomic mass is 32.2. The fraction of sp³-hybridized carbons (Fsp3) is 0.588. The summed E-state index contributed by atoms with van der Waals surface area (Å²) < 4.78 is 23.3. The third kappa shape index (κ3) is 3.79. The summed E-state index contributed by atoms with van der Waals surface area (Å²) in [7, 11) is -3.57. The van der Waals surface area contributed by atoms with Crippen LogP contribution in [0.1, 0.15) is 37.3 Å². The monoisotopic (exact) mass is 351 g/mol. The number of likely N-dealkylation sites (tertiary alicyclic amines) is 2. The van der Waals surface area contributed by atoms with Gasteiger partial charge in [-0.05, 0) is 31.2 Å². The summed E-state index contributed by atoms with van der Waals surface area (Å²) in [5.74, 6) is 0.0796. The van der Waals surface area contributed by atoms with Crippen molar-refractivity contribution < 1.29 is 13.2 Å². The molecule has 1 aromatic rings. The van der Waals surface area contributed by atoms with Crippen LogP contribution in [0.2, 0.25) is 0 Å². The Hall–Kier alpha value is -1.44. The van der Waals surface area contributed by atoms with Crippen LogP contribution in [0.4, 0.5) is 0 Å². The summed E-state index contributed by atoms with van der Waals surface area (Å²) in [6.07, 6.45) is 3.71. The molecule has 2 unspecified atom stereocenters. The zero-order valence-electron chi connectivity index (χ0n) is 13.8. The van der Waals surface area contributed by atoms with Gasteiger partial charge in [0, 0.05) is 26.2 Å². The Balaban J connectivity index is 1.84. The second-order valence-electron chi connectivity index (χ2n) is 6.69. The molecule has 0 spiro atoms. The Morgan fingerprint density at radius 3 is 2.33 bits per heavy atom. The second-order valence-corrected chi connectivity index (χ2v) is 8.54. The van der Waals surface area contributed by atoms with Gasteiger partial charge < -0.3 is 4.90 Å². The number of nitrogens with two attached hydrogens (primary N) is 1. The van der Waals surface area contributed by atoms with Gasteiger partial charge in [-0.1, -0.05) is 30.3 Å². The van der Waals surface area contributed by atoms with Crippen molar-refractivity contribution in [1.82, 2.24) is 9.80 Å². The molecule has 1 aromatic carbocycles. The molecule has 2 N–H and O–H groups in total. The van der Waals surface area contributed by atoms with E-state index in [4.69, 9.17) is 5.14 Å². The van der Waals surface area contributed by atoms with Gasteiger partial charge in [0.2, 0.25) is 15.9 Å². The van der Waals surface area contributed by atoms with Gasteiger partial charge >= 0.3 is 0 Å². The molecule has 2 aliphatic rings. The number of benzene rings is 1. The quantitative estimate of drug-likeness (QED) is 0.880. The van der Waals surface area contributed by atoms with Gasteiger partial charge in [0.05, 0.1) is 5.25 Å². The van der Waals surface area contributed by atoms with Gasteiger partial charge in [-0.15, -0.1) is 0 Å². The number of primary sulfonamides is 1. The summed E-state index contributed by atoms with van der Waals surface area (Å²) in [6.45, 7) is 2.46. The average Bonchev–Trinajstić information content (AvgIpc) is 3.07. The predicted molar refractivity (Wildman–Crippen MR) is 92.7 cm³/mol. The first-order valence-corrected chi connectivity index (χ1v) is 10.2. The Morgan fingerprint density at radius 2 is 1.75 bits per heavy atom. The molecule has 3 rings (SSSR count). The lowest BCUT2D eigenvalue weighted by atomic mass is 10.0. The highest BCUT2D eigenvalue weighted by Crippen LogP contribution is 2.29. The molecule has 0 aliphatic carbocycles. The topological polar surface area (TPSA) is 83.7 Å². The first kappa shape index (κ1) is 17.4. The van der Waals surface area contributed by atoms with E-state index in [9.17, 15) is 13.2 Å². The van der Waals surface area contributed by atoms with Gasteiger partial charge in [0.15, 0.2) is 0 Å². The van der Waals surface area contributed by atoms with Crippen molar-refractivity contribution in [3.8, 4) is 0 Å². The zero-order chi connectivity index (χ0) is 17.2. The number of sulfonamides is 1. The van der Waals surface area contributed by atoms with Crippen molar-refractivity contribution in [2.75, 3.05) is 26.2 Å². The van der Waals surface area contributed by atoms with E-state index in [2.05, 4.69) is 0 Å². The molecule has 24 heavy (non-hydrogen) atoms. The summed E-state index contributed by atoms with van der Waals surface area (Å²) in [6, 6.07) is 9.21. The van der Waals surface area contributed by atoms with Crippen LogP contribution < -0.4 is 5.14 Å². The second kappa shape index (κ2) is 7.21. The highest BCUT2D eigenvalue weighted by molar-refractivity contribution is 7.89. The maximum atomic E-state index is 13.1. The van der Waals surface area contributed by atoms with E-state index in [0.717, 1.165) is 37.9 Å². The van der Waals surface area contributed by atoms with Crippen molar-refractivity contribution in [2.45, 2.75) is 37.0 Å². The molecule has 0 radical (unpaired) electrons. The lowest BCUT2D eigenvalue weighted by molar-refractivity contribution is -0.137. The van der Waals surface area contributed by atoms with Crippen molar-refractivity contribution >= 4 is 15.9 Å². The SMILES string of the molecule is NS(=O)(=O)C1CCN(C(C(=O)N2CCCCC2)c2ccccc2)C1. The molecule has 0 aromatic heterocycles. The standard InChI is InChI=1S/C17H25N3O3S/c18-24(22,23)15-9-12-20(13-15)16(14-7-3-1-4-8-14)17(21)19-10-5-2-6-11-19/h1,3-4,7-8,15-16H,2,5-6,9-13H2,(H2,18,22,23). The number of rotatable bonds is 4. The summed E-state index contributed by atoms with van der Waals surface area (Å²) in [5.41, 5.74) is 0.920. The predicted octanol–water partition coefficient (Wildman–Crippen LogP) is 1.10. The van der Waals surface area contributed by atoms with E-state index in [-0.39, 0.29) is 5.91 Å². The van der Waals surface area contributed by atoms with Gasteiger partial charge in [0.1, 0.15) is 6.04 Å². The van der Waals surface area contributed by atoms with Gasteiger partial charge in [-0.2, -0.15) is 0 Å². The molecule has 0 saturated carbocycles. The van der Waals surface area contributed by atoms with Crippen molar-refractivity contribution in [2.24, 2.45) is 5.14 Å². The maximum Gasteiger partial charge on any atom is 0.244 e. The van der Waals surface area contributed by atoms with Crippen LogP contribution in [-0.4, -0.2) is 55.6 Å². The molecule has 1 amide bonds. The van der Waals surface area contributed by atoms with Crippen LogP contribution >= 0.6 is 0 Å². The van der Waals surface area contributed by atoms with Crippen molar-refractivity contribution in [3.63, 3.8) is 0 Å². The largest absolute Gasteiger partial charge is 0.341 e. The lowest BCUT2D eigenvalue weighted by Gasteiger charge is -2.34. The van der Waals surface area contributed by atoms with Crippen LogP contribution in [0, 0.1) is 0 Å². The van der Waals surface area contributed by atoms with Crippen molar-refractivity contribution in [3.05, 3.63) is 35.9 Å². The number of nitrogens with zero attached hydrogens (tertiary/aromatic N) is 2. The molecular formula is C17H25N3O3S. The first-order chi connectivity index (χ1) is 11.5. The number of carbonyl (C=O) groups excluding carboxylic acids is 1. The molecule has 132 valence electrons. The Labute approximate surface area is 143 Å². The molecule has 2 heterocycles. The fourth-order valence-electron chi connectivity index (χ4n) is 3.69. The maximum absolute atomic E-state index is 13.1. The van der Waals surface area contributed by atoms with E-state index < -0.39 is 21.3 Å². The van der Waals surface area contributed by atoms with Crippen LogP contribution in [0.5, 0.6) is 0 Å². The molecule has 7 heteroatoms. The molecule has 2 saturated heterocycles. The Morgan fingerprint density at radius 1 is 1.08 bits per heavy atom. The minimum absolute atomic E-state index is 0.0796. The summed E-state index contributed by atoms with van der Waals surface area (Å²) in [5, 5.41) is 4.73. The van der Waals surface area contributed by atoms with Crippen LogP contribution in [0.3, 0.4) is 0 Å². The lowest BCUT2D eigenvalue weighted by Crippen LogP contribution is -2.45. The van der Waals surface area contributed by atoms with E-state index in [1.54, 1.807) is 0 Å². The zero-order valence-corrected chi connectivity index (χ0v) is 14.6. The van der Waals surface area contributed by atoms with E-state index >= 15 is 0 Å². The minimum atomic E-state index is -3.57. The molecule has 2 atom stereocenters. The third-order valence-electron chi connectivity index (χ3n) is 5.02. The third-order valence-corrected chi connectivity index (χ3v) is 6.34. The van der Waals surface area contributed by atoms with Crippen LogP contribution in [-0.2, 0) is 14.8 Å². The number of amides is 1. The van der Waals surface area contributed by atoms with Crippen molar-refractivity contribution in [1.29, 1.82) is 0 Å². The van der Waals surface area contributed by atoms with E-state index in [1.165, 1.54) is 0 Å². The number of hydrogen-bond donors (Lipinski definition) is 1. The van der Waals surface area contributed by atoms with E-state index in [0.29, 0.717) is 19.5 Å². The number of carbonyl (C=O) groups is 1. The minimum Gasteiger partial charge on any atom is -0.341 e. The number of hydrogen-bond acceptors (Lipinski definition) is 4. The fourth-order valence-corrected chi connectivity index (χ4v) is 4.52. The summed E-state index contributed by atoms with van der Waals surface area (Å²) >= 11 is 0. The molecule has 2 fully saturated rings. The van der Waals surface area contributed by atoms with Gasteiger partial charge in [-0.3, -0.25) is 9.69 Å². The molecule has 6 nitrogen and oxygen atoms in total. The summed E-state index contributed by atoms with van der Waals surface area (Å²) in [4.78, 5) is 17.0. The number of piperidine rings is 1. The molecular weight excluding hydrogens is 326 g/mol. The van der Waals surface area contributed by atoms with Gasteiger partial charge in [-0.25, -0.2) is 13.6 Å². The average molecular weight is 351 g/mol. The van der Waals surface area contributed by atoms with Crippen LogP contribution in [0.25, 0.3) is 0 Å².